The Balaban J connectivity index is 3.18. The highest BCUT2D eigenvalue weighted by Crippen LogP contribution is 2.12. The minimum Gasteiger partial charge on any atom is -0.397 e. The van der Waals surface area contributed by atoms with Crippen LogP contribution in [0.4, 0.5) is 0 Å². The van der Waals surface area contributed by atoms with Gasteiger partial charge in [-0.05, 0) is 12.5 Å². The molecule has 0 fully saturated rings. The lowest BCUT2D eigenvalue weighted by atomic mass is 10.1. The average molecular weight is 186 g/mol. The summed E-state index contributed by atoms with van der Waals surface area (Å²) in [4.78, 5) is 10.5. The number of allylic oxidation sites excluding steroid dienone is 1. The maximum absolute atomic E-state index is 10.5. The molecule has 0 saturated heterocycles. The highest BCUT2D eigenvalue weighted by Gasteiger charge is 2.03. The van der Waals surface area contributed by atoms with Gasteiger partial charge in [-0.3, -0.25) is 4.79 Å². The molecule has 1 aromatic rings. The largest absolute Gasteiger partial charge is 0.397 e. The Kier molecular flexibility index (Phi) is 3.03. The summed E-state index contributed by atoms with van der Waals surface area (Å²) in [5.74, 6) is 0. The number of nitrogens with zero attached hydrogens (tertiary/aromatic N) is 1. The maximum atomic E-state index is 10.5. The fourth-order valence-electron chi connectivity index (χ4n) is 1.04. The Morgan fingerprint density at radius 3 is 2.43 bits per heavy atom. The maximum Gasteiger partial charge on any atom is 0.162 e. The fraction of sp³-hybridized carbons (Fsp3) is 0.0909. The molecular formula is C11H10N2O. The van der Waals surface area contributed by atoms with Gasteiger partial charge in [-0.25, -0.2) is 0 Å². The smallest absolute Gasteiger partial charge is 0.162 e. The number of benzene rings is 1. The molecule has 0 aromatic heterocycles. The molecule has 0 amide bonds. The number of aryl methyl sites for hydroxylation is 1. The second kappa shape index (κ2) is 4.24. The third-order valence-corrected chi connectivity index (χ3v) is 1.89. The number of nitriles is 1. The monoisotopic (exact) mass is 186 g/mol. The lowest BCUT2D eigenvalue weighted by Gasteiger charge is -2.01. The summed E-state index contributed by atoms with van der Waals surface area (Å²) in [5, 5.41) is 8.59. The number of nitrogens with two attached hydrogens (primary N) is 1. The summed E-state index contributed by atoms with van der Waals surface area (Å²) in [6, 6.07) is 9.07. The van der Waals surface area contributed by atoms with Crippen molar-refractivity contribution in [3.05, 3.63) is 41.0 Å². The minimum atomic E-state index is -0.0335. The molecule has 14 heavy (non-hydrogen) atoms. The highest BCUT2D eigenvalue weighted by atomic mass is 16.1. The summed E-state index contributed by atoms with van der Waals surface area (Å²) in [6.07, 6.45) is 0.467. The van der Waals surface area contributed by atoms with Crippen molar-refractivity contribution in [2.24, 2.45) is 5.73 Å². The summed E-state index contributed by atoms with van der Waals surface area (Å²) in [7, 11) is 0. The Morgan fingerprint density at radius 1 is 1.43 bits per heavy atom. The van der Waals surface area contributed by atoms with Gasteiger partial charge >= 0.3 is 0 Å². The van der Waals surface area contributed by atoms with Crippen LogP contribution < -0.4 is 5.73 Å². The molecule has 0 heterocycles. The van der Waals surface area contributed by atoms with E-state index in [1.807, 2.05) is 19.1 Å². The molecule has 0 spiro atoms. The van der Waals surface area contributed by atoms with Crippen molar-refractivity contribution < 1.29 is 4.79 Å². The number of hydrogen-bond donors (Lipinski definition) is 1. The van der Waals surface area contributed by atoms with Gasteiger partial charge in [0.05, 0.1) is 5.70 Å². The normalized spacial score (nSPS) is 11.4. The van der Waals surface area contributed by atoms with Gasteiger partial charge in [0, 0.05) is 0 Å². The van der Waals surface area contributed by atoms with Crippen molar-refractivity contribution in [2.75, 3.05) is 0 Å². The van der Waals surface area contributed by atoms with Gasteiger partial charge in [0.25, 0.3) is 0 Å². The Morgan fingerprint density at radius 2 is 2.00 bits per heavy atom. The first kappa shape index (κ1) is 10.0. The minimum absolute atomic E-state index is 0.0335. The van der Waals surface area contributed by atoms with Crippen LogP contribution in [-0.4, -0.2) is 6.29 Å². The van der Waals surface area contributed by atoms with Gasteiger partial charge in [0.2, 0.25) is 0 Å². The molecule has 0 saturated carbocycles. The quantitative estimate of drug-likeness (QED) is 0.431. The molecule has 0 aliphatic rings. The van der Waals surface area contributed by atoms with Crippen molar-refractivity contribution in [1.29, 1.82) is 5.26 Å². The van der Waals surface area contributed by atoms with Crippen LogP contribution in [0, 0.1) is 18.3 Å². The SMILES string of the molecule is Cc1ccc(/C(N)=C(\C#N)C=O)cc1. The van der Waals surface area contributed by atoms with E-state index in [0.717, 1.165) is 5.56 Å². The van der Waals surface area contributed by atoms with Crippen molar-refractivity contribution >= 4 is 12.0 Å². The molecule has 3 heteroatoms. The van der Waals surface area contributed by atoms with E-state index in [0.29, 0.717) is 11.8 Å². The van der Waals surface area contributed by atoms with Crippen LogP contribution in [0.15, 0.2) is 29.8 Å². The topological polar surface area (TPSA) is 66.9 Å². The van der Waals surface area contributed by atoms with Gasteiger partial charge in [-0.2, -0.15) is 5.26 Å². The third-order valence-electron chi connectivity index (χ3n) is 1.89. The first-order valence-electron chi connectivity index (χ1n) is 4.11. The van der Waals surface area contributed by atoms with Crippen molar-refractivity contribution in [1.82, 2.24) is 0 Å². The second-order valence-electron chi connectivity index (χ2n) is 2.92. The van der Waals surface area contributed by atoms with E-state index in [2.05, 4.69) is 0 Å². The Hall–Kier alpha value is -2.08. The van der Waals surface area contributed by atoms with Crippen LogP contribution in [-0.2, 0) is 4.79 Å². The third kappa shape index (κ3) is 1.99. The molecular weight excluding hydrogens is 176 g/mol. The van der Waals surface area contributed by atoms with E-state index < -0.39 is 0 Å². The number of hydrogen-bond acceptors (Lipinski definition) is 3. The lowest BCUT2D eigenvalue weighted by molar-refractivity contribution is -0.104. The van der Waals surface area contributed by atoms with Gasteiger partial charge in [-0.15, -0.1) is 0 Å². The molecule has 0 aliphatic heterocycles. The first-order chi connectivity index (χ1) is 6.69. The molecule has 3 nitrogen and oxygen atoms in total. The zero-order valence-corrected chi connectivity index (χ0v) is 7.82. The van der Waals surface area contributed by atoms with Gasteiger partial charge in [-0.1, -0.05) is 29.8 Å². The number of carbonyl (C=O) groups excluding carboxylic acids is 1. The van der Waals surface area contributed by atoms with E-state index >= 15 is 0 Å². The van der Waals surface area contributed by atoms with Crippen LogP contribution in [0.25, 0.3) is 5.70 Å². The number of carbonyl (C=O) groups is 1. The Bertz CT molecular complexity index is 410. The summed E-state index contributed by atoms with van der Waals surface area (Å²) in [5.41, 5.74) is 7.62. The molecule has 0 radical (unpaired) electrons. The fourth-order valence-corrected chi connectivity index (χ4v) is 1.04. The van der Waals surface area contributed by atoms with Gasteiger partial charge in [0.1, 0.15) is 11.6 Å². The van der Waals surface area contributed by atoms with E-state index in [4.69, 9.17) is 11.0 Å². The molecule has 0 unspecified atom stereocenters. The Labute approximate surface area is 82.5 Å². The van der Waals surface area contributed by atoms with Crippen LogP contribution in [0.2, 0.25) is 0 Å². The standard InChI is InChI=1S/C11H10N2O/c1-8-2-4-9(5-3-8)11(13)10(6-12)7-14/h2-5,7H,13H2,1H3/b11-10-. The zero-order valence-electron chi connectivity index (χ0n) is 7.82. The zero-order chi connectivity index (χ0) is 10.6. The van der Waals surface area contributed by atoms with E-state index in [-0.39, 0.29) is 11.3 Å². The summed E-state index contributed by atoms with van der Waals surface area (Å²) < 4.78 is 0. The first-order valence-corrected chi connectivity index (χ1v) is 4.11. The number of aldehydes is 1. The van der Waals surface area contributed by atoms with Crippen LogP contribution >= 0.6 is 0 Å². The molecule has 70 valence electrons. The molecule has 0 atom stereocenters. The van der Waals surface area contributed by atoms with Gasteiger partial charge in [0.15, 0.2) is 6.29 Å². The highest BCUT2D eigenvalue weighted by molar-refractivity contribution is 5.91. The van der Waals surface area contributed by atoms with E-state index in [9.17, 15) is 4.79 Å². The lowest BCUT2D eigenvalue weighted by Crippen LogP contribution is -2.01. The molecule has 0 bridgehead atoms. The van der Waals surface area contributed by atoms with Crippen LogP contribution in [0.1, 0.15) is 11.1 Å². The van der Waals surface area contributed by atoms with Crippen molar-refractivity contribution in [2.45, 2.75) is 6.92 Å². The summed E-state index contributed by atoms with van der Waals surface area (Å²) >= 11 is 0. The van der Waals surface area contributed by atoms with Crippen LogP contribution in [0.3, 0.4) is 0 Å². The number of rotatable bonds is 2. The average Bonchev–Trinajstić information content (AvgIpc) is 2.20. The summed E-state index contributed by atoms with van der Waals surface area (Å²) in [6.45, 7) is 1.95. The van der Waals surface area contributed by atoms with Crippen molar-refractivity contribution in [3.63, 3.8) is 0 Å². The second-order valence-corrected chi connectivity index (χ2v) is 2.92. The molecule has 0 aliphatic carbocycles. The van der Waals surface area contributed by atoms with Crippen LogP contribution in [0.5, 0.6) is 0 Å². The molecule has 1 aromatic carbocycles. The molecule has 1 rings (SSSR count). The van der Waals surface area contributed by atoms with Gasteiger partial charge < -0.3 is 5.73 Å². The van der Waals surface area contributed by atoms with E-state index in [1.54, 1.807) is 18.2 Å². The predicted octanol–water partition coefficient (Wildman–Crippen LogP) is 1.39. The predicted molar refractivity (Wildman–Crippen MR) is 54.0 cm³/mol. The molecule has 2 N–H and O–H groups in total. The van der Waals surface area contributed by atoms with E-state index in [1.165, 1.54) is 0 Å². The van der Waals surface area contributed by atoms with Crippen molar-refractivity contribution in [3.8, 4) is 6.07 Å².